The molecule has 2 aliphatic rings. The third kappa shape index (κ3) is 3.41. The van der Waals surface area contributed by atoms with E-state index in [1.807, 2.05) is 0 Å². The van der Waals surface area contributed by atoms with Crippen LogP contribution in [0, 0.1) is 0 Å². The zero-order valence-corrected chi connectivity index (χ0v) is 14.0. The van der Waals surface area contributed by atoms with E-state index in [0.717, 1.165) is 11.0 Å². The molecule has 0 unspecified atom stereocenters. The molecule has 0 aliphatic carbocycles. The second-order valence-corrected chi connectivity index (χ2v) is 5.47. The van der Waals surface area contributed by atoms with Gasteiger partial charge in [-0.2, -0.15) is 8.78 Å². The lowest BCUT2D eigenvalue weighted by Gasteiger charge is -2.21. The fourth-order valence-electron chi connectivity index (χ4n) is 2.32. The summed E-state index contributed by atoms with van der Waals surface area (Å²) in [5.74, 6) is -0.858. The molecule has 0 spiro atoms. The van der Waals surface area contributed by atoms with Crippen molar-refractivity contribution in [3.63, 3.8) is 0 Å². The van der Waals surface area contributed by atoms with Gasteiger partial charge in [0.25, 0.3) is 5.91 Å². The van der Waals surface area contributed by atoms with E-state index in [-0.39, 0.29) is 41.1 Å². The van der Waals surface area contributed by atoms with Crippen LogP contribution in [0.5, 0.6) is 5.75 Å². The maximum Gasteiger partial charge on any atom is 0.414 e. The van der Waals surface area contributed by atoms with Crippen molar-refractivity contribution in [2.24, 2.45) is 5.10 Å². The Hall–Kier alpha value is -2.86. The number of anilines is 1. The Balaban J connectivity index is 1.96. The molecule has 0 saturated carbocycles. The second-order valence-electron chi connectivity index (χ2n) is 5.09. The van der Waals surface area contributed by atoms with Crippen LogP contribution in [0.4, 0.5) is 19.3 Å². The Morgan fingerprint density at radius 1 is 1.50 bits per heavy atom. The highest BCUT2D eigenvalue weighted by molar-refractivity contribution is 6.37. The number of carbonyl (C=O) groups excluding carboxylic acids is 2. The number of rotatable bonds is 4. The minimum atomic E-state index is -3.14. The topological polar surface area (TPSA) is 108 Å². The molecule has 3 rings (SSSR count). The van der Waals surface area contributed by atoms with Crippen molar-refractivity contribution in [1.82, 2.24) is 21.4 Å². The SMILES string of the molecule is CN1NNN=C1NC(=O)c1ccc(OC(F)F)c(N2CCOC2=O)c1Cl. The predicted molar refractivity (Wildman–Crippen MR) is 85.7 cm³/mol. The van der Waals surface area contributed by atoms with Crippen molar-refractivity contribution >= 4 is 35.2 Å². The van der Waals surface area contributed by atoms with Gasteiger partial charge in [-0.25, -0.2) is 10.3 Å². The summed E-state index contributed by atoms with van der Waals surface area (Å²) in [6.07, 6.45) is -0.781. The van der Waals surface area contributed by atoms with Crippen molar-refractivity contribution in [2.75, 3.05) is 25.1 Å². The van der Waals surface area contributed by atoms with Gasteiger partial charge in [0.05, 0.1) is 17.1 Å². The number of ether oxygens (including phenoxy) is 2. The fourth-order valence-corrected chi connectivity index (χ4v) is 2.67. The molecule has 0 radical (unpaired) electrons. The number of hydrazine groups is 2. The number of nitrogens with zero attached hydrogens (tertiary/aromatic N) is 3. The molecule has 0 atom stereocenters. The van der Waals surface area contributed by atoms with Gasteiger partial charge in [-0.1, -0.05) is 11.6 Å². The minimum absolute atomic E-state index is 0.0542. The molecule has 0 aromatic heterocycles. The molecule has 2 amide bonds. The molecule has 10 nitrogen and oxygen atoms in total. The van der Waals surface area contributed by atoms with Crippen molar-refractivity contribution in [3.05, 3.63) is 22.7 Å². The molecular formula is C13H13ClF2N6O4. The summed E-state index contributed by atoms with van der Waals surface area (Å²) >= 11 is 6.24. The largest absolute Gasteiger partial charge is 0.447 e. The van der Waals surface area contributed by atoms with Crippen LogP contribution in [-0.4, -0.2) is 49.8 Å². The molecule has 26 heavy (non-hydrogen) atoms. The summed E-state index contributed by atoms with van der Waals surface area (Å²) in [5.41, 5.74) is 4.79. The lowest BCUT2D eigenvalue weighted by molar-refractivity contribution is -0.0494. The van der Waals surface area contributed by atoms with Crippen molar-refractivity contribution < 1.29 is 27.8 Å². The lowest BCUT2D eigenvalue weighted by atomic mass is 10.1. The molecule has 140 valence electrons. The summed E-state index contributed by atoms with van der Waals surface area (Å²) in [4.78, 5) is 25.3. The van der Waals surface area contributed by atoms with Gasteiger partial charge in [-0.05, 0) is 12.1 Å². The zero-order chi connectivity index (χ0) is 18.8. The summed E-state index contributed by atoms with van der Waals surface area (Å²) in [6.45, 7) is -3.01. The van der Waals surface area contributed by atoms with Crippen molar-refractivity contribution in [1.29, 1.82) is 0 Å². The molecule has 3 N–H and O–H groups in total. The molecule has 1 fully saturated rings. The number of hydrogen-bond acceptors (Lipinski definition) is 8. The highest BCUT2D eigenvalue weighted by Gasteiger charge is 2.32. The van der Waals surface area contributed by atoms with Crippen LogP contribution in [0.1, 0.15) is 10.4 Å². The van der Waals surface area contributed by atoms with Crippen LogP contribution in [0.25, 0.3) is 0 Å². The molecular weight excluding hydrogens is 378 g/mol. The number of carbonyl (C=O) groups is 2. The number of nitrogens with one attached hydrogen (secondary N) is 3. The Morgan fingerprint density at radius 3 is 2.85 bits per heavy atom. The fraction of sp³-hybridized carbons (Fsp3) is 0.308. The van der Waals surface area contributed by atoms with Crippen LogP contribution >= 0.6 is 11.6 Å². The molecule has 1 aromatic carbocycles. The first kappa shape index (κ1) is 17.9. The third-order valence-corrected chi connectivity index (χ3v) is 3.88. The first-order valence-electron chi connectivity index (χ1n) is 7.23. The highest BCUT2D eigenvalue weighted by atomic mass is 35.5. The van der Waals surface area contributed by atoms with E-state index >= 15 is 0 Å². The molecule has 2 heterocycles. The van der Waals surface area contributed by atoms with Gasteiger partial charge in [0.2, 0.25) is 5.96 Å². The Labute approximate surface area is 150 Å². The number of hydrazone groups is 1. The van der Waals surface area contributed by atoms with Crippen molar-refractivity contribution in [3.8, 4) is 5.75 Å². The van der Waals surface area contributed by atoms with E-state index < -0.39 is 18.6 Å². The standard InChI is InChI=1S/C13H13ClF2N6O4/c1-21-12(18-19-20-21)17-10(23)6-2-3-7(26-11(15)16)9(8(6)14)22-4-5-25-13(22)24/h2-3,11,19-20H,4-5H2,1H3,(H,17,18,23). The van der Waals surface area contributed by atoms with Gasteiger partial charge in [0.1, 0.15) is 12.3 Å². The number of amides is 2. The minimum Gasteiger partial charge on any atom is -0.447 e. The van der Waals surface area contributed by atoms with Gasteiger partial charge >= 0.3 is 12.7 Å². The van der Waals surface area contributed by atoms with Crippen LogP contribution in [0.15, 0.2) is 17.2 Å². The Kier molecular flexibility index (Phi) is 4.95. The van der Waals surface area contributed by atoms with E-state index in [0.29, 0.717) is 0 Å². The third-order valence-electron chi connectivity index (χ3n) is 3.49. The number of alkyl halides is 2. The normalized spacial score (nSPS) is 16.5. The van der Waals surface area contributed by atoms with Gasteiger partial charge < -0.3 is 9.47 Å². The van der Waals surface area contributed by atoms with Crippen LogP contribution in [-0.2, 0) is 4.74 Å². The van der Waals surface area contributed by atoms with Crippen LogP contribution < -0.4 is 26.0 Å². The smallest absolute Gasteiger partial charge is 0.414 e. The lowest BCUT2D eigenvalue weighted by Crippen LogP contribution is -2.45. The van der Waals surface area contributed by atoms with Gasteiger partial charge in [-0.3, -0.25) is 20.0 Å². The quantitative estimate of drug-likeness (QED) is 0.699. The van der Waals surface area contributed by atoms with Gasteiger partial charge in [0, 0.05) is 7.05 Å². The highest BCUT2D eigenvalue weighted by Crippen LogP contribution is 2.40. The number of benzene rings is 1. The molecule has 1 aromatic rings. The van der Waals surface area contributed by atoms with E-state index in [1.54, 1.807) is 7.05 Å². The first-order valence-corrected chi connectivity index (χ1v) is 7.61. The number of halogens is 3. The summed E-state index contributed by atoms with van der Waals surface area (Å²) in [7, 11) is 1.59. The monoisotopic (exact) mass is 390 g/mol. The number of guanidine groups is 1. The van der Waals surface area contributed by atoms with E-state index in [4.69, 9.17) is 16.3 Å². The Morgan fingerprint density at radius 2 is 2.27 bits per heavy atom. The summed E-state index contributed by atoms with van der Waals surface area (Å²) < 4.78 is 34.6. The summed E-state index contributed by atoms with van der Waals surface area (Å²) in [6, 6.07) is 2.33. The van der Waals surface area contributed by atoms with E-state index in [1.165, 1.54) is 11.1 Å². The van der Waals surface area contributed by atoms with Crippen LogP contribution in [0.2, 0.25) is 5.02 Å². The Bertz CT molecular complexity index is 777. The van der Waals surface area contributed by atoms with Crippen LogP contribution in [0.3, 0.4) is 0 Å². The summed E-state index contributed by atoms with van der Waals surface area (Å²) in [5, 5.41) is 7.41. The second kappa shape index (κ2) is 7.17. The van der Waals surface area contributed by atoms with Gasteiger partial charge in [-0.15, -0.1) is 10.6 Å². The maximum atomic E-state index is 12.7. The van der Waals surface area contributed by atoms with E-state index in [9.17, 15) is 18.4 Å². The van der Waals surface area contributed by atoms with Crippen molar-refractivity contribution in [2.45, 2.75) is 6.61 Å². The maximum absolute atomic E-state index is 12.7. The number of cyclic esters (lactones) is 1. The average Bonchev–Trinajstić information content (AvgIpc) is 3.16. The molecule has 0 bridgehead atoms. The average molecular weight is 391 g/mol. The molecule has 1 saturated heterocycles. The zero-order valence-electron chi connectivity index (χ0n) is 13.3. The predicted octanol–water partition coefficient (Wildman–Crippen LogP) is 0.853. The van der Waals surface area contributed by atoms with Gasteiger partial charge in [0.15, 0.2) is 5.75 Å². The number of hydrogen-bond donors (Lipinski definition) is 3. The van der Waals surface area contributed by atoms with E-state index in [2.05, 4.69) is 26.2 Å². The molecule has 2 aliphatic heterocycles. The first-order chi connectivity index (χ1) is 12.4. The molecule has 13 heteroatoms.